The highest BCUT2D eigenvalue weighted by molar-refractivity contribution is 7.13. The lowest BCUT2D eigenvalue weighted by Crippen LogP contribution is -2.21. The molecule has 90 valence electrons. The molecule has 5 heteroatoms. The van der Waals surface area contributed by atoms with Gasteiger partial charge >= 0.3 is 5.97 Å². The quantitative estimate of drug-likeness (QED) is 0.801. The van der Waals surface area contributed by atoms with Crippen LogP contribution >= 0.6 is 11.3 Å². The highest BCUT2D eigenvalue weighted by Gasteiger charge is 2.17. The standard InChI is InChI=1S/C11H18N2O2S/c1-4-8(12)6-9-13-7(3)10(16-9)11(14)15-5-2/h8H,4-6,12H2,1-3H3. The Morgan fingerprint density at radius 1 is 1.56 bits per heavy atom. The largest absolute Gasteiger partial charge is 0.462 e. The Morgan fingerprint density at radius 3 is 2.81 bits per heavy atom. The maximum Gasteiger partial charge on any atom is 0.350 e. The van der Waals surface area contributed by atoms with Gasteiger partial charge in [0.25, 0.3) is 0 Å². The Balaban J connectivity index is 2.77. The van der Waals surface area contributed by atoms with Crippen LogP contribution in [0.5, 0.6) is 0 Å². The summed E-state index contributed by atoms with van der Waals surface area (Å²) >= 11 is 1.39. The Hall–Kier alpha value is -0.940. The molecule has 0 amide bonds. The van der Waals surface area contributed by atoms with Crippen LogP contribution in [-0.2, 0) is 11.2 Å². The fourth-order valence-electron chi connectivity index (χ4n) is 1.29. The maximum atomic E-state index is 11.6. The smallest absolute Gasteiger partial charge is 0.350 e. The minimum Gasteiger partial charge on any atom is -0.462 e. The molecule has 1 aromatic heterocycles. The average Bonchev–Trinajstić information content (AvgIpc) is 2.59. The van der Waals surface area contributed by atoms with Crippen molar-refractivity contribution in [2.24, 2.45) is 5.73 Å². The molecule has 0 aromatic carbocycles. The zero-order valence-electron chi connectivity index (χ0n) is 9.95. The van der Waals surface area contributed by atoms with Crippen molar-refractivity contribution >= 4 is 17.3 Å². The summed E-state index contributed by atoms with van der Waals surface area (Å²) in [5.41, 5.74) is 6.59. The third-order valence-electron chi connectivity index (χ3n) is 2.26. The first kappa shape index (κ1) is 13.1. The van der Waals surface area contributed by atoms with Crippen LogP contribution < -0.4 is 5.73 Å². The van der Waals surface area contributed by atoms with Gasteiger partial charge in [-0.25, -0.2) is 9.78 Å². The summed E-state index contributed by atoms with van der Waals surface area (Å²) in [4.78, 5) is 16.5. The summed E-state index contributed by atoms with van der Waals surface area (Å²) in [6.45, 7) is 6.04. The average molecular weight is 242 g/mol. The number of hydrogen-bond donors (Lipinski definition) is 1. The number of carbonyl (C=O) groups excluding carboxylic acids is 1. The van der Waals surface area contributed by atoms with E-state index in [1.54, 1.807) is 6.92 Å². The van der Waals surface area contributed by atoms with Crippen molar-refractivity contribution in [3.05, 3.63) is 15.6 Å². The monoisotopic (exact) mass is 242 g/mol. The second-order valence-corrected chi connectivity index (χ2v) is 4.70. The van der Waals surface area contributed by atoms with Crippen molar-refractivity contribution in [1.29, 1.82) is 0 Å². The van der Waals surface area contributed by atoms with E-state index in [1.807, 2.05) is 13.8 Å². The fourth-order valence-corrected chi connectivity index (χ4v) is 2.35. The number of nitrogens with two attached hydrogens (primary N) is 1. The van der Waals surface area contributed by atoms with E-state index in [-0.39, 0.29) is 12.0 Å². The molecule has 0 bridgehead atoms. The van der Waals surface area contributed by atoms with Crippen LogP contribution in [0.15, 0.2) is 0 Å². The van der Waals surface area contributed by atoms with Crippen LogP contribution in [0, 0.1) is 6.92 Å². The zero-order chi connectivity index (χ0) is 12.1. The lowest BCUT2D eigenvalue weighted by atomic mass is 10.2. The first-order chi connectivity index (χ1) is 7.58. The molecular weight excluding hydrogens is 224 g/mol. The Bertz CT molecular complexity index is 363. The summed E-state index contributed by atoms with van der Waals surface area (Å²) < 4.78 is 4.95. The zero-order valence-corrected chi connectivity index (χ0v) is 10.8. The van der Waals surface area contributed by atoms with Gasteiger partial charge in [0.2, 0.25) is 0 Å². The molecule has 0 saturated heterocycles. The second kappa shape index (κ2) is 5.96. The van der Waals surface area contributed by atoms with Gasteiger partial charge in [0.15, 0.2) is 0 Å². The number of aromatic nitrogens is 1. The minimum absolute atomic E-state index is 0.112. The summed E-state index contributed by atoms with van der Waals surface area (Å²) in [6, 6.07) is 0.112. The minimum atomic E-state index is -0.284. The topological polar surface area (TPSA) is 65.2 Å². The molecule has 0 saturated carbocycles. The van der Waals surface area contributed by atoms with E-state index in [0.29, 0.717) is 11.5 Å². The number of nitrogens with zero attached hydrogens (tertiary/aromatic N) is 1. The molecule has 1 rings (SSSR count). The van der Waals surface area contributed by atoms with Crippen LogP contribution in [0.3, 0.4) is 0 Å². The molecule has 0 aliphatic carbocycles. The van der Waals surface area contributed by atoms with Gasteiger partial charge in [0, 0.05) is 12.5 Å². The van der Waals surface area contributed by atoms with Gasteiger partial charge in [-0.15, -0.1) is 11.3 Å². The third-order valence-corrected chi connectivity index (χ3v) is 3.42. The van der Waals surface area contributed by atoms with Gasteiger partial charge in [-0.2, -0.15) is 0 Å². The van der Waals surface area contributed by atoms with Gasteiger partial charge in [0.1, 0.15) is 4.88 Å². The molecule has 2 N–H and O–H groups in total. The van der Waals surface area contributed by atoms with E-state index in [1.165, 1.54) is 11.3 Å². The molecule has 0 spiro atoms. The molecule has 0 radical (unpaired) electrons. The molecule has 0 aliphatic rings. The number of rotatable bonds is 5. The molecule has 1 atom stereocenters. The highest BCUT2D eigenvalue weighted by atomic mass is 32.1. The van der Waals surface area contributed by atoms with E-state index < -0.39 is 0 Å². The van der Waals surface area contributed by atoms with E-state index in [0.717, 1.165) is 23.5 Å². The molecular formula is C11H18N2O2S. The predicted octanol–water partition coefficient (Wildman–Crippen LogP) is 1.91. The van der Waals surface area contributed by atoms with Crippen LogP contribution in [0.25, 0.3) is 0 Å². The van der Waals surface area contributed by atoms with E-state index in [4.69, 9.17) is 10.5 Å². The lowest BCUT2D eigenvalue weighted by Gasteiger charge is -2.04. The highest BCUT2D eigenvalue weighted by Crippen LogP contribution is 2.20. The van der Waals surface area contributed by atoms with Crippen molar-refractivity contribution in [1.82, 2.24) is 4.98 Å². The molecule has 4 nitrogen and oxygen atoms in total. The third kappa shape index (κ3) is 3.28. The molecule has 0 aliphatic heterocycles. The number of carbonyl (C=O) groups is 1. The first-order valence-electron chi connectivity index (χ1n) is 5.47. The Kier molecular flexibility index (Phi) is 4.89. The van der Waals surface area contributed by atoms with Crippen molar-refractivity contribution in [2.45, 2.75) is 39.7 Å². The van der Waals surface area contributed by atoms with Crippen LogP contribution in [-0.4, -0.2) is 23.6 Å². The van der Waals surface area contributed by atoms with Crippen LogP contribution in [0.4, 0.5) is 0 Å². The number of ether oxygens (including phenoxy) is 1. The molecule has 1 heterocycles. The van der Waals surface area contributed by atoms with Gasteiger partial charge < -0.3 is 10.5 Å². The first-order valence-corrected chi connectivity index (χ1v) is 6.29. The Morgan fingerprint density at radius 2 is 2.25 bits per heavy atom. The number of thiazole rings is 1. The van der Waals surface area contributed by atoms with Crippen molar-refractivity contribution in [3.63, 3.8) is 0 Å². The van der Waals surface area contributed by atoms with Gasteiger partial charge in [0.05, 0.1) is 17.3 Å². The van der Waals surface area contributed by atoms with Gasteiger partial charge in [-0.1, -0.05) is 6.92 Å². The maximum absolute atomic E-state index is 11.6. The van der Waals surface area contributed by atoms with Gasteiger partial charge in [-0.3, -0.25) is 0 Å². The number of aryl methyl sites for hydroxylation is 1. The molecule has 1 unspecified atom stereocenters. The molecule has 0 fully saturated rings. The van der Waals surface area contributed by atoms with Crippen LogP contribution in [0.2, 0.25) is 0 Å². The Labute approximate surface area is 99.8 Å². The SMILES string of the molecule is CCOC(=O)c1sc(CC(N)CC)nc1C. The predicted molar refractivity (Wildman–Crippen MR) is 64.8 cm³/mol. The summed E-state index contributed by atoms with van der Waals surface area (Å²) in [5.74, 6) is -0.284. The van der Waals surface area contributed by atoms with Crippen molar-refractivity contribution in [3.8, 4) is 0 Å². The number of hydrogen-bond acceptors (Lipinski definition) is 5. The summed E-state index contributed by atoms with van der Waals surface area (Å²) in [7, 11) is 0. The van der Waals surface area contributed by atoms with E-state index in [2.05, 4.69) is 4.98 Å². The summed E-state index contributed by atoms with van der Waals surface area (Å²) in [5, 5.41) is 0.912. The summed E-state index contributed by atoms with van der Waals surface area (Å²) in [6.07, 6.45) is 1.63. The van der Waals surface area contributed by atoms with Gasteiger partial charge in [-0.05, 0) is 20.3 Å². The lowest BCUT2D eigenvalue weighted by molar-refractivity contribution is 0.0531. The number of esters is 1. The van der Waals surface area contributed by atoms with Crippen molar-refractivity contribution in [2.75, 3.05) is 6.61 Å². The van der Waals surface area contributed by atoms with E-state index in [9.17, 15) is 4.79 Å². The second-order valence-electron chi connectivity index (χ2n) is 3.62. The fraction of sp³-hybridized carbons (Fsp3) is 0.636. The van der Waals surface area contributed by atoms with Crippen LogP contribution in [0.1, 0.15) is 40.6 Å². The molecule has 1 aromatic rings. The normalized spacial score (nSPS) is 12.5. The molecule has 16 heavy (non-hydrogen) atoms. The van der Waals surface area contributed by atoms with E-state index >= 15 is 0 Å². The van der Waals surface area contributed by atoms with Crippen molar-refractivity contribution < 1.29 is 9.53 Å².